The lowest BCUT2D eigenvalue weighted by molar-refractivity contribution is 0.144. The second kappa shape index (κ2) is 6.36. The zero-order chi connectivity index (χ0) is 18.5. The van der Waals surface area contributed by atoms with E-state index >= 15 is 0 Å². The summed E-state index contributed by atoms with van der Waals surface area (Å²) in [5.74, 6) is 0.835. The first-order chi connectivity index (χ1) is 12.3. The molecule has 4 rings (SSSR count). The predicted molar refractivity (Wildman–Crippen MR) is 105 cm³/mol. The van der Waals surface area contributed by atoms with Gasteiger partial charge in [0.2, 0.25) is 0 Å². The van der Waals surface area contributed by atoms with E-state index in [1.54, 1.807) is 6.07 Å². The third-order valence-corrected chi connectivity index (χ3v) is 5.06. The van der Waals surface area contributed by atoms with Crippen LogP contribution in [0.5, 0.6) is 11.8 Å². The van der Waals surface area contributed by atoms with Crippen LogP contribution in [0.15, 0.2) is 36.4 Å². The normalized spacial score (nSPS) is 16.6. The molecule has 1 aliphatic heterocycles. The van der Waals surface area contributed by atoms with Gasteiger partial charge in [-0.25, -0.2) is 0 Å². The number of fused-ring (bicyclic) bond motifs is 3. The van der Waals surface area contributed by atoms with Crippen LogP contribution in [0.25, 0.3) is 11.0 Å². The molecule has 2 aromatic carbocycles. The number of aromatic nitrogens is 2. The number of halogens is 2. The summed E-state index contributed by atoms with van der Waals surface area (Å²) in [6.07, 6.45) is -0.0954. The van der Waals surface area contributed by atoms with Gasteiger partial charge in [0, 0.05) is 5.02 Å². The van der Waals surface area contributed by atoms with Gasteiger partial charge in [-0.05, 0) is 35.2 Å². The third kappa shape index (κ3) is 3.24. The summed E-state index contributed by atoms with van der Waals surface area (Å²) in [7, 11) is 0. The lowest BCUT2D eigenvalue weighted by atomic mass is 9.87. The number of benzene rings is 2. The molecule has 0 aliphatic carbocycles. The SMILES string of the molecule is CC(C)(C)c1ccc(OC[C@@H]2Cn3c(nc4c(Cl)cc(Cl)cc43)O2)cc1. The monoisotopic (exact) mass is 390 g/mol. The summed E-state index contributed by atoms with van der Waals surface area (Å²) < 4.78 is 13.8. The third-order valence-electron chi connectivity index (χ3n) is 4.55. The van der Waals surface area contributed by atoms with Crippen molar-refractivity contribution in [2.24, 2.45) is 0 Å². The molecule has 2 heterocycles. The standard InChI is InChI=1S/C20H20Cl2N2O2/c1-20(2,3)12-4-6-14(7-5-12)25-11-15-10-24-17-9-13(21)8-16(22)18(17)23-19(24)26-15/h4-9,15H,10-11H2,1-3H3/t15-/m0/s1. The molecule has 0 saturated carbocycles. The molecule has 3 aromatic rings. The van der Waals surface area contributed by atoms with Gasteiger partial charge in [-0.2, -0.15) is 4.98 Å². The molecule has 0 bridgehead atoms. The first-order valence-corrected chi connectivity index (χ1v) is 9.32. The summed E-state index contributed by atoms with van der Waals surface area (Å²) >= 11 is 12.3. The number of nitrogens with zero attached hydrogens (tertiary/aromatic N) is 2. The number of imidazole rings is 1. The average molecular weight is 391 g/mol. The van der Waals surface area contributed by atoms with Crippen LogP contribution in [0.3, 0.4) is 0 Å². The van der Waals surface area contributed by atoms with Crippen LogP contribution >= 0.6 is 23.2 Å². The molecule has 0 unspecified atom stereocenters. The molecule has 1 aromatic heterocycles. The zero-order valence-corrected chi connectivity index (χ0v) is 16.4. The van der Waals surface area contributed by atoms with Crippen LogP contribution in [-0.4, -0.2) is 22.3 Å². The Balaban J connectivity index is 1.44. The second-order valence-electron chi connectivity index (χ2n) is 7.59. The maximum atomic E-state index is 6.21. The van der Waals surface area contributed by atoms with Crippen molar-refractivity contribution in [3.63, 3.8) is 0 Å². The summed E-state index contributed by atoms with van der Waals surface area (Å²) in [4.78, 5) is 4.47. The fourth-order valence-electron chi connectivity index (χ4n) is 3.11. The zero-order valence-electron chi connectivity index (χ0n) is 14.9. The Bertz CT molecular complexity index is 959. The highest BCUT2D eigenvalue weighted by Gasteiger charge is 2.28. The lowest BCUT2D eigenvalue weighted by Crippen LogP contribution is -2.23. The Kier molecular flexibility index (Phi) is 4.28. The van der Waals surface area contributed by atoms with E-state index in [0.29, 0.717) is 34.7 Å². The molecule has 6 heteroatoms. The Morgan fingerprint density at radius 1 is 1.19 bits per heavy atom. The Labute approximate surface area is 162 Å². The van der Waals surface area contributed by atoms with Crippen LogP contribution in [-0.2, 0) is 12.0 Å². The van der Waals surface area contributed by atoms with E-state index in [0.717, 1.165) is 11.3 Å². The predicted octanol–water partition coefficient (Wildman–Crippen LogP) is 5.48. The van der Waals surface area contributed by atoms with Gasteiger partial charge in [-0.15, -0.1) is 0 Å². The van der Waals surface area contributed by atoms with Crippen molar-refractivity contribution >= 4 is 34.2 Å². The van der Waals surface area contributed by atoms with E-state index in [-0.39, 0.29) is 11.5 Å². The minimum atomic E-state index is -0.0954. The van der Waals surface area contributed by atoms with Crippen molar-refractivity contribution in [3.8, 4) is 11.8 Å². The van der Waals surface area contributed by atoms with Crippen molar-refractivity contribution in [3.05, 3.63) is 52.0 Å². The van der Waals surface area contributed by atoms with Gasteiger partial charge in [0.05, 0.1) is 17.1 Å². The molecule has 0 fully saturated rings. The first kappa shape index (κ1) is 17.5. The summed E-state index contributed by atoms with van der Waals surface area (Å²) in [5.41, 5.74) is 3.01. The maximum Gasteiger partial charge on any atom is 0.297 e. The lowest BCUT2D eigenvalue weighted by Gasteiger charge is -2.19. The highest BCUT2D eigenvalue weighted by Crippen LogP contribution is 2.34. The molecule has 26 heavy (non-hydrogen) atoms. The van der Waals surface area contributed by atoms with Gasteiger partial charge in [-0.3, -0.25) is 4.57 Å². The van der Waals surface area contributed by atoms with Gasteiger partial charge < -0.3 is 9.47 Å². The molecule has 0 saturated heterocycles. The van der Waals surface area contributed by atoms with E-state index in [1.165, 1.54) is 5.56 Å². The molecule has 136 valence electrons. The number of rotatable bonds is 3. The Morgan fingerprint density at radius 3 is 2.62 bits per heavy atom. The largest absolute Gasteiger partial charge is 0.490 e. The fourth-order valence-corrected chi connectivity index (χ4v) is 3.64. The summed E-state index contributed by atoms with van der Waals surface area (Å²) in [6.45, 7) is 7.69. The van der Waals surface area contributed by atoms with Gasteiger partial charge in [0.15, 0.2) is 6.10 Å². The van der Waals surface area contributed by atoms with Crippen molar-refractivity contribution in [1.29, 1.82) is 0 Å². The van der Waals surface area contributed by atoms with Gasteiger partial charge >= 0.3 is 0 Å². The molecule has 0 amide bonds. The second-order valence-corrected chi connectivity index (χ2v) is 8.43. The van der Waals surface area contributed by atoms with Crippen LogP contribution < -0.4 is 9.47 Å². The van der Waals surface area contributed by atoms with Crippen molar-refractivity contribution in [2.45, 2.75) is 38.8 Å². The maximum absolute atomic E-state index is 6.21. The molecule has 0 radical (unpaired) electrons. The minimum Gasteiger partial charge on any atom is -0.490 e. The van der Waals surface area contributed by atoms with E-state index in [2.05, 4.69) is 37.9 Å². The summed E-state index contributed by atoms with van der Waals surface area (Å²) in [5, 5.41) is 1.12. The molecular formula is C20H20Cl2N2O2. The van der Waals surface area contributed by atoms with E-state index in [4.69, 9.17) is 32.7 Å². The summed E-state index contributed by atoms with van der Waals surface area (Å²) in [6, 6.07) is 12.3. The van der Waals surface area contributed by atoms with E-state index < -0.39 is 0 Å². The highest BCUT2D eigenvalue weighted by molar-refractivity contribution is 6.38. The minimum absolute atomic E-state index is 0.0954. The van der Waals surface area contributed by atoms with Gasteiger partial charge in [0.1, 0.15) is 17.9 Å². The molecule has 1 atom stereocenters. The van der Waals surface area contributed by atoms with Gasteiger partial charge in [0.25, 0.3) is 6.01 Å². The Morgan fingerprint density at radius 2 is 1.92 bits per heavy atom. The van der Waals surface area contributed by atoms with Crippen molar-refractivity contribution in [1.82, 2.24) is 9.55 Å². The van der Waals surface area contributed by atoms with Crippen molar-refractivity contribution in [2.75, 3.05) is 6.61 Å². The number of ether oxygens (including phenoxy) is 2. The smallest absolute Gasteiger partial charge is 0.297 e. The molecular weight excluding hydrogens is 371 g/mol. The van der Waals surface area contributed by atoms with Crippen LogP contribution in [0.2, 0.25) is 10.0 Å². The average Bonchev–Trinajstić information content (AvgIpc) is 3.11. The van der Waals surface area contributed by atoms with Gasteiger partial charge in [-0.1, -0.05) is 56.1 Å². The highest BCUT2D eigenvalue weighted by atomic mass is 35.5. The Hall–Kier alpha value is -1.91. The number of hydrogen-bond acceptors (Lipinski definition) is 3. The van der Waals surface area contributed by atoms with Crippen LogP contribution in [0, 0.1) is 0 Å². The van der Waals surface area contributed by atoms with E-state index in [9.17, 15) is 0 Å². The van der Waals surface area contributed by atoms with Crippen LogP contribution in [0.1, 0.15) is 26.3 Å². The quantitative estimate of drug-likeness (QED) is 0.593. The number of hydrogen-bond donors (Lipinski definition) is 0. The molecule has 0 spiro atoms. The topological polar surface area (TPSA) is 36.3 Å². The molecule has 4 nitrogen and oxygen atoms in total. The molecule has 1 aliphatic rings. The first-order valence-electron chi connectivity index (χ1n) is 8.56. The fraction of sp³-hybridized carbons (Fsp3) is 0.350. The molecule has 0 N–H and O–H groups in total. The van der Waals surface area contributed by atoms with Crippen molar-refractivity contribution < 1.29 is 9.47 Å². The van der Waals surface area contributed by atoms with Crippen LogP contribution in [0.4, 0.5) is 0 Å². The van der Waals surface area contributed by atoms with E-state index in [1.807, 2.05) is 22.8 Å².